The molecule has 1 aliphatic rings. The molecule has 164 valence electrons. The SMILES string of the molecule is COc1ccc(S(=O)(=O)N2CCCC(C(=O)Nc3ccc4sncc4c3)C2)cc1OC. The summed E-state index contributed by atoms with van der Waals surface area (Å²) in [5, 5.41) is 3.88. The minimum absolute atomic E-state index is 0.113. The van der Waals surface area contributed by atoms with E-state index in [0.717, 1.165) is 10.1 Å². The molecule has 2 aromatic carbocycles. The van der Waals surface area contributed by atoms with Crippen molar-refractivity contribution in [3.8, 4) is 11.5 Å². The summed E-state index contributed by atoms with van der Waals surface area (Å²) in [6.45, 7) is 0.498. The Morgan fingerprint density at radius 2 is 1.97 bits per heavy atom. The third kappa shape index (κ3) is 4.36. The molecule has 1 N–H and O–H groups in total. The van der Waals surface area contributed by atoms with Crippen molar-refractivity contribution in [2.24, 2.45) is 5.92 Å². The summed E-state index contributed by atoms with van der Waals surface area (Å²) in [4.78, 5) is 13.0. The average molecular weight is 462 g/mol. The lowest BCUT2D eigenvalue weighted by molar-refractivity contribution is -0.120. The minimum Gasteiger partial charge on any atom is -0.493 e. The van der Waals surface area contributed by atoms with Gasteiger partial charge >= 0.3 is 0 Å². The maximum absolute atomic E-state index is 13.2. The molecule has 0 radical (unpaired) electrons. The summed E-state index contributed by atoms with van der Waals surface area (Å²) in [5.41, 5.74) is 0.678. The quantitative estimate of drug-likeness (QED) is 0.605. The number of amides is 1. The van der Waals surface area contributed by atoms with Gasteiger partial charge in [0.2, 0.25) is 15.9 Å². The molecule has 1 atom stereocenters. The fourth-order valence-electron chi connectivity index (χ4n) is 3.70. The largest absolute Gasteiger partial charge is 0.493 e. The number of benzene rings is 2. The first-order valence-electron chi connectivity index (χ1n) is 9.80. The van der Waals surface area contributed by atoms with Crippen LogP contribution in [0.15, 0.2) is 47.5 Å². The number of ether oxygens (including phenoxy) is 2. The highest BCUT2D eigenvalue weighted by molar-refractivity contribution is 7.89. The van der Waals surface area contributed by atoms with Crippen LogP contribution in [0.4, 0.5) is 5.69 Å². The van der Waals surface area contributed by atoms with E-state index in [1.807, 2.05) is 18.2 Å². The predicted octanol–water partition coefficient (Wildman–Crippen LogP) is 3.35. The number of rotatable bonds is 6. The topological polar surface area (TPSA) is 97.8 Å². The molecular weight excluding hydrogens is 438 g/mol. The van der Waals surface area contributed by atoms with Crippen LogP contribution in [-0.2, 0) is 14.8 Å². The van der Waals surface area contributed by atoms with Crippen molar-refractivity contribution >= 4 is 43.2 Å². The van der Waals surface area contributed by atoms with E-state index in [2.05, 4.69) is 9.69 Å². The van der Waals surface area contributed by atoms with Crippen LogP contribution in [0.5, 0.6) is 11.5 Å². The summed E-state index contributed by atoms with van der Waals surface area (Å²) in [5.74, 6) is 0.179. The van der Waals surface area contributed by atoms with Gasteiger partial charge in [-0.25, -0.2) is 8.42 Å². The van der Waals surface area contributed by atoms with Gasteiger partial charge in [-0.3, -0.25) is 4.79 Å². The highest BCUT2D eigenvalue weighted by Crippen LogP contribution is 2.32. The van der Waals surface area contributed by atoms with E-state index in [1.54, 1.807) is 12.3 Å². The van der Waals surface area contributed by atoms with E-state index in [9.17, 15) is 13.2 Å². The fourth-order valence-corrected chi connectivity index (χ4v) is 5.86. The van der Waals surface area contributed by atoms with Crippen molar-refractivity contribution < 1.29 is 22.7 Å². The number of sulfonamides is 1. The normalized spacial score (nSPS) is 17.4. The number of nitrogens with one attached hydrogen (secondary N) is 1. The Morgan fingerprint density at radius 3 is 2.74 bits per heavy atom. The predicted molar refractivity (Wildman–Crippen MR) is 119 cm³/mol. The number of fused-ring (bicyclic) bond motifs is 1. The van der Waals surface area contributed by atoms with Crippen LogP contribution in [0, 0.1) is 5.92 Å². The minimum atomic E-state index is -3.77. The molecule has 0 spiro atoms. The van der Waals surface area contributed by atoms with Gasteiger partial charge in [-0.1, -0.05) is 0 Å². The molecule has 1 unspecified atom stereocenters. The van der Waals surface area contributed by atoms with E-state index in [-0.39, 0.29) is 17.3 Å². The number of aromatic nitrogens is 1. The average Bonchev–Trinajstić information content (AvgIpc) is 3.26. The maximum atomic E-state index is 13.2. The second-order valence-electron chi connectivity index (χ2n) is 7.29. The molecule has 2 heterocycles. The molecule has 0 aliphatic carbocycles. The molecule has 1 fully saturated rings. The van der Waals surface area contributed by atoms with Crippen LogP contribution < -0.4 is 14.8 Å². The Morgan fingerprint density at radius 1 is 1.16 bits per heavy atom. The summed E-state index contributed by atoms with van der Waals surface area (Å²) in [7, 11) is -0.819. The lowest BCUT2D eigenvalue weighted by Crippen LogP contribution is -2.43. The van der Waals surface area contributed by atoms with Gasteiger partial charge in [-0.05, 0) is 54.7 Å². The van der Waals surface area contributed by atoms with Gasteiger partial charge in [-0.15, -0.1) is 0 Å². The summed E-state index contributed by atoms with van der Waals surface area (Å²) in [6, 6.07) is 10.1. The zero-order valence-electron chi connectivity index (χ0n) is 17.2. The molecule has 31 heavy (non-hydrogen) atoms. The van der Waals surface area contributed by atoms with Crippen molar-refractivity contribution in [2.75, 3.05) is 32.6 Å². The van der Waals surface area contributed by atoms with Crippen molar-refractivity contribution in [2.45, 2.75) is 17.7 Å². The Labute approximate surface area is 185 Å². The van der Waals surface area contributed by atoms with E-state index in [4.69, 9.17) is 9.47 Å². The third-order valence-electron chi connectivity index (χ3n) is 5.37. The third-order valence-corrected chi connectivity index (χ3v) is 8.01. The standard InChI is InChI=1S/C21H23N3O5S2/c1-28-18-7-6-17(11-19(18)29-2)31(26,27)24-9-3-4-14(13-24)21(25)23-16-5-8-20-15(10-16)12-22-30-20/h5-8,10-12,14H,3-4,9,13H2,1-2H3,(H,23,25). The van der Waals surface area contributed by atoms with Gasteiger partial charge < -0.3 is 14.8 Å². The Bertz CT molecular complexity index is 1210. The van der Waals surface area contributed by atoms with Gasteiger partial charge in [0.25, 0.3) is 0 Å². The van der Waals surface area contributed by atoms with Gasteiger partial charge in [0, 0.05) is 36.4 Å². The summed E-state index contributed by atoms with van der Waals surface area (Å²) < 4.78 is 43.4. The second-order valence-corrected chi connectivity index (χ2v) is 10.1. The number of carbonyl (C=O) groups is 1. The highest BCUT2D eigenvalue weighted by Gasteiger charge is 2.33. The first kappa shape index (κ1) is 21.5. The molecule has 1 saturated heterocycles. The van der Waals surface area contributed by atoms with E-state index in [1.165, 1.54) is 42.2 Å². The van der Waals surface area contributed by atoms with Crippen molar-refractivity contribution in [3.05, 3.63) is 42.6 Å². The van der Waals surface area contributed by atoms with Crippen LogP contribution in [0.2, 0.25) is 0 Å². The molecule has 0 saturated carbocycles. The van der Waals surface area contributed by atoms with Gasteiger partial charge in [0.05, 0.1) is 29.7 Å². The number of piperidine rings is 1. The van der Waals surface area contributed by atoms with Gasteiger partial charge in [0.15, 0.2) is 11.5 Å². The van der Waals surface area contributed by atoms with Gasteiger partial charge in [-0.2, -0.15) is 8.68 Å². The molecule has 1 aliphatic heterocycles. The van der Waals surface area contributed by atoms with Gasteiger partial charge in [0.1, 0.15) is 0 Å². The molecular formula is C21H23N3O5S2. The van der Waals surface area contributed by atoms with Crippen molar-refractivity contribution in [1.29, 1.82) is 0 Å². The van der Waals surface area contributed by atoms with Crippen LogP contribution in [0.25, 0.3) is 10.1 Å². The van der Waals surface area contributed by atoms with Crippen molar-refractivity contribution in [1.82, 2.24) is 8.68 Å². The first-order valence-corrected chi connectivity index (χ1v) is 12.0. The van der Waals surface area contributed by atoms with E-state index < -0.39 is 15.9 Å². The highest BCUT2D eigenvalue weighted by atomic mass is 32.2. The van der Waals surface area contributed by atoms with Crippen LogP contribution in [0.3, 0.4) is 0 Å². The first-order chi connectivity index (χ1) is 14.9. The van der Waals surface area contributed by atoms with Crippen LogP contribution in [-0.4, -0.2) is 50.3 Å². The van der Waals surface area contributed by atoms with E-state index >= 15 is 0 Å². The monoisotopic (exact) mass is 461 g/mol. The molecule has 1 aromatic heterocycles. The Balaban J connectivity index is 1.50. The lowest BCUT2D eigenvalue weighted by Gasteiger charge is -2.31. The fraction of sp³-hybridized carbons (Fsp3) is 0.333. The smallest absolute Gasteiger partial charge is 0.243 e. The number of anilines is 1. The number of nitrogens with zero attached hydrogens (tertiary/aromatic N) is 2. The molecule has 0 bridgehead atoms. The number of hydrogen-bond acceptors (Lipinski definition) is 7. The molecule has 1 amide bonds. The molecule has 3 aromatic rings. The second kappa shape index (κ2) is 8.81. The zero-order chi connectivity index (χ0) is 22.0. The molecule has 10 heteroatoms. The zero-order valence-corrected chi connectivity index (χ0v) is 18.8. The van der Waals surface area contributed by atoms with Crippen LogP contribution in [0.1, 0.15) is 12.8 Å². The molecule has 8 nitrogen and oxygen atoms in total. The van der Waals surface area contributed by atoms with Crippen molar-refractivity contribution in [3.63, 3.8) is 0 Å². The number of methoxy groups -OCH3 is 2. The van der Waals surface area contributed by atoms with E-state index in [0.29, 0.717) is 36.6 Å². The Kier molecular flexibility index (Phi) is 6.12. The molecule has 4 rings (SSSR count). The summed E-state index contributed by atoms with van der Waals surface area (Å²) in [6.07, 6.45) is 3.00. The Hall–Kier alpha value is -2.69. The maximum Gasteiger partial charge on any atom is 0.243 e. The van der Waals surface area contributed by atoms with Crippen LogP contribution >= 0.6 is 11.5 Å². The number of carbonyl (C=O) groups excluding carboxylic acids is 1. The number of hydrogen-bond donors (Lipinski definition) is 1. The summed E-state index contributed by atoms with van der Waals surface area (Å²) >= 11 is 1.40. The lowest BCUT2D eigenvalue weighted by atomic mass is 9.98.